The number of amides is 1. The molecule has 1 amide bonds. The molecule has 0 spiro atoms. The van der Waals surface area contributed by atoms with E-state index in [1.54, 1.807) is 36.4 Å². The first-order chi connectivity index (χ1) is 18.3. The quantitative estimate of drug-likeness (QED) is 0.142. The molecule has 0 fully saturated rings. The number of hydrazone groups is 1. The number of anilines is 1. The van der Waals surface area contributed by atoms with Gasteiger partial charge in [-0.25, -0.2) is 0 Å². The van der Waals surface area contributed by atoms with Crippen LogP contribution in [-0.4, -0.2) is 25.0 Å². The van der Waals surface area contributed by atoms with Gasteiger partial charge >= 0.3 is 10.1 Å². The summed E-state index contributed by atoms with van der Waals surface area (Å²) in [6.45, 7) is 0. The molecule has 9 nitrogen and oxygen atoms in total. The van der Waals surface area contributed by atoms with Crippen molar-refractivity contribution in [1.82, 2.24) is 0 Å². The average Bonchev–Trinajstić information content (AvgIpc) is 3.26. The number of hydrogen-bond acceptors (Lipinski definition) is 7. The Hall–Kier alpha value is -5.09. The highest BCUT2D eigenvalue weighted by Crippen LogP contribution is 2.29. The molecule has 38 heavy (non-hydrogen) atoms. The number of nitro groups is 1. The maximum atomic E-state index is 13.4. The Balaban J connectivity index is 1.45. The van der Waals surface area contributed by atoms with Crippen molar-refractivity contribution in [2.24, 2.45) is 5.10 Å². The van der Waals surface area contributed by atoms with Gasteiger partial charge in [0.2, 0.25) is 0 Å². The van der Waals surface area contributed by atoms with Crippen molar-refractivity contribution in [3.63, 3.8) is 0 Å². The van der Waals surface area contributed by atoms with Crippen LogP contribution < -0.4 is 9.19 Å². The lowest BCUT2D eigenvalue weighted by Gasteiger charge is -2.11. The van der Waals surface area contributed by atoms with E-state index >= 15 is 0 Å². The summed E-state index contributed by atoms with van der Waals surface area (Å²) >= 11 is 0. The zero-order chi connectivity index (χ0) is 26.7. The van der Waals surface area contributed by atoms with Crippen LogP contribution >= 0.6 is 0 Å². The first-order valence-corrected chi connectivity index (χ1v) is 12.8. The molecule has 0 saturated heterocycles. The molecule has 0 unspecified atom stereocenters. The number of non-ortho nitro benzene ring substituents is 1. The van der Waals surface area contributed by atoms with E-state index in [9.17, 15) is 23.3 Å². The molecule has 4 aromatic rings. The lowest BCUT2D eigenvalue weighted by atomic mass is 10.0. The molecule has 0 N–H and O–H groups in total. The number of carbonyl (C=O) groups is 1. The van der Waals surface area contributed by atoms with Crippen LogP contribution in [0.5, 0.6) is 5.75 Å². The lowest BCUT2D eigenvalue weighted by Crippen LogP contribution is -2.21. The third-order valence-corrected chi connectivity index (χ3v) is 6.92. The van der Waals surface area contributed by atoms with Crippen LogP contribution in [0, 0.1) is 10.1 Å². The van der Waals surface area contributed by atoms with E-state index in [2.05, 4.69) is 5.10 Å². The number of nitrogens with zero attached hydrogens (tertiary/aromatic N) is 3. The van der Waals surface area contributed by atoms with E-state index < -0.39 is 20.9 Å². The van der Waals surface area contributed by atoms with Crippen molar-refractivity contribution in [1.29, 1.82) is 0 Å². The summed E-state index contributed by atoms with van der Waals surface area (Å²) in [5, 5.41) is 16.7. The van der Waals surface area contributed by atoms with Gasteiger partial charge in [0.15, 0.2) is 0 Å². The van der Waals surface area contributed by atoms with E-state index in [-0.39, 0.29) is 16.3 Å². The Morgan fingerprint density at radius 2 is 1.42 bits per heavy atom. The average molecular weight is 526 g/mol. The smallest absolute Gasteiger partial charge is 0.339 e. The van der Waals surface area contributed by atoms with Gasteiger partial charge in [-0.15, -0.1) is 0 Å². The van der Waals surface area contributed by atoms with Crippen LogP contribution in [0.4, 0.5) is 11.4 Å². The molecular weight excluding hydrogens is 506 g/mol. The second-order valence-electron chi connectivity index (χ2n) is 8.18. The third-order valence-electron chi connectivity index (χ3n) is 5.66. The fraction of sp³-hybridized carbons (Fsp3) is 0. The fourth-order valence-electron chi connectivity index (χ4n) is 3.79. The zero-order valence-corrected chi connectivity index (χ0v) is 20.5. The second-order valence-corrected chi connectivity index (χ2v) is 9.73. The van der Waals surface area contributed by atoms with Crippen molar-refractivity contribution in [3.05, 3.63) is 136 Å². The summed E-state index contributed by atoms with van der Waals surface area (Å²) in [5.41, 5.74) is 2.35. The summed E-state index contributed by atoms with van der Waals surface area (Å²) in [6.07, 6.45) is 1.65. The normalized spacial score (nSPS) is 14.4. The summed E-state index contributed by atoms with van der Waals surface area (Å²) in [7, 11) is -3.99. The van der Waals surface area contributed by atoms with E-state index in [4.69, 9.17) is 4.18 Å². The Kier molecular flexibility index (Phi) is 6.55. The number of carbonyl (C=O) groups excluding carboxylic acids is 1. The minimum absolute atomic E-state index is 0.0396. The van der Waals surface area contributed by atoms with E-state index in [0.717, 1.165) is 0 Å². The largest absolute Gasteiger partial charge is 0.379 e. The summed E-state index contributed by atoms with van der Waals surface area (Å²) in [5.74, 6) is -0.289. The maximum absolute atomic E-state index is 13.4. The number of rotatable bonds is 7. The summed E-state index contributed by atoms with van der Waals surface area (Å²) < 4.78 is 30.2. The van der Waals surface area contributed by atoms with Gasteiger partial charge in [0.25, 0.3) is 11.6 Å². The number of hydrogen-bond donors (Lipinski definition) is 0. The van der Waals surface area contributed by atoms with Gasteiger partial charge < -0.3 is 4.18 Å². The highest BCUT2D eigenvalue weighted by atomic mass is 32.2. The minimum atomic E-state index is -3.99. The van der Waals surface area contributed by atoms with Crippen LogP contribution in [0.2, 0.25) is 0 Å². The third kappa shape index (κ3) is 5.06. The van der Waals surface area contributed by atoms with Crippen molar-refractivity contribution in [3.8, 4) is 5.75 Å². The topological polar surface area (TPSA) is 119 Å². The molecule has 0 aliphatic carbocycles. The molecule has 4 aromatic carbocycles. The van der Waals surface area contributed by atoms with Crippen LogP contribution in [-0.2, 0) is 14.9 Å². The lowest BCUT2D eigenvalue weighted by molar-refractivity contribution is -0.384. The summed E-state index contributed by atoms with van der Waals surface area (Å²) in [4.78, 5) is 24.0. The molecule has 1 aliphatic heterocycles. The SMILES string of the molecule is O=C1/C(=C/c2ccc(OS(=O)(=O)c3ccccc3)cc2)C(c2ccccc2)=NN1c1ccc([N+](=O)[O-])cc1. The highest BCUT2D eigenvalue weighted by molar-refractivity contribution is 7.87. The predicted molar refractivity (Wildman–Crippen MR) is 142 cm³/mol. The van der Waals surface area contributed by atoms with E-state index in [1.807, 2.05) is 30.3 Å². The Morgan fingerprint density at radius 1 is 0.816 bits per heavy atom. The molecule has 5 rings (SSSR count). The van der Waals surface area contributed by atoms with Crippen molar-refractivity contribution >= 4 is 39.2 Å². The minimum Gasteiger partial charge on any atom is -0.379 e. The maximum Gasteiger partial charge on any atom is 0.339 e. The molecular formula is C28H19N3O6S. The first kappa shape index (κ1) is 24.6. The van der Waals surface area contributed by atoms with Gasteiger partial charge in [-0.3, -0.25) is 14.9 Å². The molecule has 188 valence electrons. The molecule has 0 atom stereocenters. The molecule has 10 heteroatoms. The standard InChI is InChI=1S/C28H19N3O6S/c32-28-26(19-20-11-17-24(18-12-20)37-38(35,36)25-9-5-2-6-10-25)27(21-7-3-1-4-8-21)29-30(28)22-13-15-23(16-14-22)31(33)34/h1-19H/b26-19+. The van der Waals surface area contributed by atoms with E-state index in [0.29, 0.717) is 28.1 Å². The highest BCUT2D eigenvalue weighted by Gasteiger charge is 2.32. The second kappa shape index (κ2) is 10.1. The molecule has 0 saturated carbocycles. The van der Waals surface area contributed by atoms with Gasteiger partial charge in [-0.05, 0) is 48.0 Å². The Morgan fingerprint density at radius 3 is 2.03 bits per heavy atom. The molecule has 1 heterocycles. The van der Waals surface area contributed by atoms with Crippen LogP contribution in [0.1, 0.15) is 11.1 Å². The van der Waals surface area contributed by atoms with Gasteiger partial charge in [0.05, 0.1) is 16.2 Å². The van der Waals surface area contributed by atoms with Gasteiger partial charge in [-0.1, -0.05) is 60.7 Å². The molecule has 0 aromatic heterocycles. The van der Waals surface area contributed by atoms with Gasteiger partial charge in [0, 0.05) is 17.7 Å². The molecule has 0 radical (unpaired) electrons. The molecule has 1 aliphatic rings. The predicted octanol–water partition coefficient (Wildman–Crippen LogP) is 5.20. The van der Waals surface area contributed by atoms with Crippen molar-refractivity contribution < 1.29 is 22.3 Å². The van der Waals surface area contributed by atoms with Gasteiger partial charge in [-0.2, -0.15) is 18.5 Å². The number of benzene rings is 4. The summed E-state index contributed by atoms with van der Waals surface area (Å²) in [6, 6.07) is 28.8. The molecule has 0 bridgehead atoms. The van der Waals surface area contributed by atoms with Crippen molar-refractivity contribution in [2.45, 2.75) is 4.90 Å². The fourth-order valence-corrected chi connectivity index (χ4v) is 4.74. The number of nitro benzene ring substituents is 1. The zero-order valence-electron chi connectivity index (χ0n) is 19.7. The van der Waals surface area contributed by atoms with E-state index in [1.165, 1.54) is 53.5 Å². The Bertz CT molecular complexity index is 1670. The van der Waals surface area contributed by atoms with Gasteiger partial charge in [0.1, 0.15) is 16.4 Å². The van der Waals surface area contributed by atoms with Crippen LogP contribution in [0.15, 0.2) is 125 Å². The Labute approximate surface area is 218 Å². The van der Waals surface area contributed by atoms with Crippen LogP contribution in [0.25, 0.3) is 6.08 Å². The first-order valence-electron chi connectivity index (χ1n) is 11.4. The van der Waals surface area contributed by atoms with Crippen molar-refractivity contribution in [2.75, 3.05) is 5.01 Å². The monoisotopic (exact) mass is 525 g/mol. The van der Waals surface area contributed by atoms with Crippen LogP contribution in [0.3, 0.4) is 0 Å².